The van der Waals surface area contributed by atoms with Crippen LogP contribution in [0.25, 0.3) is 0 Å². The van der Waals surface area contributed by atoms with Crippen LogP contribution in [0, 0.1) is 4.77 Å². The largest absolute Gasteiger partial charge is 0.337 e. The number of aromatic nitrogens is 2. The van der Waals surface area contributed by atoms with Crippen LogP contribution in [0.4, 0.5) is 0 Å². The standard InChI is InChI=1S/C10H16N2S2/c1-3-8-5-11-10(13)12(8)9-4-7(2)14-6-9/h5,7,9H,3-4,6H2,1-2H3,(H,11,13). The Balaban J connectivity index is 2.30. The zero-order valence-electron chi connectivity index (χ0n) is 8.62. The molecule has 78 valence electrons. The number of nitrogens with one attached hydrogen (secondary N) is 1. The molecule has 1 saturated heterocycles. The summed E-state index contributed by atoms with van der Waals surface area (Å²) in [4.78, 5) is 3.15. The van der Waals surface area contributed by atoms with Crippen LogP contribution in [-0.2, 0) is 6.42 Å². The van der Waals surface area contributed by atoms with Gasteiger partial charge in [-0.3, -0.25) is 0 Å². The highest BCUT2D eigenvalue weighted by atomic mass is 32.2. The molecule has 14 heavy (non-hydrogen) atoms. The highest BCUT2D eigenvalue weighted by molar-refractivity contribution is 8.00. The third-order valence-corrected chi connectivity index (χ3v) is 4.45. The van der Waals surface area contributed by atoms with Crippen molar-refractivity contribution in [2.45, 2.75) is 38.0 Å². The summed E-state index contributed by atoms with van der Waals surface area (Å²) < 4.78 is 3.20. The van der Waals surface area contributed by atoms with Gasteiger partial charge in [0.2, 0.25) is 0 Å². The van der Waals surface area contributed by atoms with E-state index in [1.54, 1.807) is 0 Å². The third kappa shape index (κ3) is 1.77. The summed E-state index contributed by atoms with van der Waals surface area (Å²) in [6, 6.07) is 0.615. The van der Waals surface area contributed by atoms with Gasteiger partial charge in [0.15, 0.2) is 4.77 Å². The van der Waals surface area contributed by atoms with Gasteiger partial charge in [0.05, 0.1) is 0 Å². The minimum absolute atomic E-state index is 0.615. The highest BCUT2D eigenvalue weighted by Crippen LogP contribution is 2.35. The van der Waals surface area contributed by atoms with Crippen LogP contribution in [0.1, 0.15) is 32.0 Å². The van der Waals surface area contributed by atoms with Crippen molar-refractivity contribution in [2.75, 3.05) is 5.75 Å². The number of imidazole rings is 1. The summed E-state index contributed by atoms with van der Waals surface area (Å²) in [5.41, 5.74) is 1.34. The summed E-state index contributed by atoms with van der Waals surface area (Å²) in [6.07, 6.45) is 4.36. The zero-order valence-corrected chi connectivity index (χ0v) is 10.3. The molecule has 2 rings (SSSR count). The summed E-state index contributed by atoms with van der Waals surface area (Å²) >= 11 is 7.36. The number of aryl methyl sites for hydroxylation is 1. The number of nitrogens with zero attached hydrogens (tertiary/aromatic N) is 1. The first kappa shape index (κ1) is 10.3. The normalized spacial score (nSPS) is 27.0. The minimum Gasteiger partial charge on any atom is -0.337 e. The van der Waals surface area contributed by atoms with Crippen LogP contribution in [0.5, 0.6) is 0 Å². The average molecular weight is 228 g/mol. The molecule has 1 fully saturated rings. The van der Waals surface area contributed by atoms with Crippen LogP contribution in [0.15, 0.2) is 6.20 Å². The fraction of sp³-hybridized carbons (Fsp3) is 0.700. The van der Waals surface area contributed by atoms with E-state index in [-0.39, 0.29) is 0 Å². The van der Waals surface area contributed by atoms with E-state index in [1.165, 1.54) is 17.9 Å². The van der Waals surface area contributed by atoms with E-state index in [4.69, 9.17) is 12.2 Å². The molecule has 0 aromatic carbocycles. The second kappa shape index (κ2) is 4.11. The van der Waals surface area contributed by atoms with Crippen LogP contribution >= 0.6 is 24.0 Å². The second-order valence-electron chi connectivity index (χ2n) is 3.84. The fourth-order valence-electron chi connectivity index (χ4n) is 2.06. The lowest BCUT2D eigenvalue weighted by Crippen LogP contribution is -2.11. The molecule has 0 aliphatic carbocycles. The van der Waals surface area contributed by atoms with Crippen molar-refractivity contribution in [2.24, 2.45) is 0 Å². The molecule has 1 aromatic rings. The van der Waals surface area contributed by atoms with Gasteiger partial charge in [0.25, 0.3) is 0 Å². The Labute approximate surface area is 94.1 Å². The van der Waals surface area contributed by atoms with E-state index in [1.807, 2.05) is 0 Å². The van der Waals surface area contributed by atoms with Gasteiger partial charge in [0.1, 0.15) is 0 Å². The minimum atomic E-state index is 0.615. The quantitative estimate of drug-likeness (QED) is 0.785. The molecule has 0 bridgehead atoms. The van der Waals surface area contributed by atoms with Gasteiger partial charge in [0, 0.05) is 28.9 Å². The van der Waals surface area contributed by atoms with Gasteiger partial charge in [-0.2, -0.15) is 11.8 Å². The van der Waals surface area contributed by atoms with E-state index in [2.05, 4.69) is 41.4 Å². The first-order valence-corrected chi connectivity index (χ1v) is 6.58. The third-order valence-electron chi connectivity index (χ3n) is 2.80. The molecule has 0 amide bonds. The highest BCUT2D eigenvalue weighted by Gasteiger charge is 2.24. The number of aromatic amines is 1. The molecule has 2 atom stereocenters. The molecule has 0 spiro atoms. The molecule has 1 aliphatic heterocycles. The number of hydrogen-bond donors (Lipinski definition) is 1. The van der Waals surface area contributed by atoms with E-state index < -0.39 is 0 Å². The van der Waals surface area contributed by atoms with Crippen molar-refractivity contribution < 1.29 is 0 Å². The van der Waals surface area contributed by atoms with Crippen molar-refractivity contribution in [3.8, 4) is 0 Å². The van der Waals surface area contributed by atoms with E-state index in [9.17, 15) is 0 Å². The second-order valence-corrected chi connectivity index (χ2v) is 5.70. The van der Waals surface area contributed by atoms with Gasteiger partial charge < -0.3 is 9.55 Å². The van der Waals surface area contributed by atoms with Crippen molar-refractivity contribution in [1.82, 2.24) is 9.55 Å². The Morgan fingerprint density at radius 1 is 1.71 bits per heavy atom. The van der Waals surface area contributed by atoms with Crippen LogP contribution in [0.3, 0.4) is 0 Å². The van der Waals surface area contributed by atoms with Crippen molar-refractivity contribution in [3.05, 3.63) is 16.7 Å². The Hall–Kier alpha value is -0.220. The Bertz CT molecular complexity index is 366. The zero-order chi connectivity index (χ0) is 10.1. The van der Waals surface area contributed by atoms with Gasteiger partial charge >= 0.3 is 0 Å². The molecular formula is C10H16N2S2. The monoisotopic (exact) mass is 228 g/mol. The summed E-state index contributed by atoms with van der Waals surface area (Å²) in [6.45, 7) is 4.48. The average Bonchev–Trinajstić information content (AvgIpc) is 2.71. The van der Waals surface area contributed by atoms with Crippen molar-refractivity contribution >= 4 is 24.0 Å². The smallest absolute Gasteiger partial charge is 0.177 e. The first-order valence-electron chi connectivity index (χ1n) is 5.12. The lowest BCUT2D eigenvalue weighted by Gasteiger charge is -2.13. The maximum absolute atomic E-state index is 5.31. The lowest BCUT2D eigenvalue weighted by molar-refractivity contribution is 0.514. The Kier molecular flexibility index (Phi) is 3.02. The molecule has 2 unspecified atom stereocenters. The van der Waals surface area contributed by atoms with Gasteiger partial charge in [-0.05, 0) is 25.1 Å². The molecule has 1 N–H and O–H groups in total. The Morgan fingerprint density at radius 3 is 3.07 bits per heavy atom. The molecule has 2 heterocycles. The topological polar surface area (TPSA) is 20.7 Å². The van der Waals surface area contributed by atoms with Crippen molar-refractivity contribution in [1.29, 1.82) is 0 Å². The molecule has 4 heteroatoms. The van der Waals surface area contributed by atoms with E-state index in [0.29, 0.717) is 6.04 Å². The molecular weight excluding hydrogens is 212 g/mol. The van der Waals surface area contributed by atoms with Crippen LogP contribution in [0.2, 0.25) is 0 Å². The van der Waals surface area contributed by atoms with E-state index in [0.717, 1.165) is 16.4 Å². The molecule has 2 nitrogen and oxygen atoms in total. The number of hydrogen-bond acceptors (Lipinski definition) is 2. The van der Waals surface area contributed by atoms with E-state index >= 15 is 0 Å². The maximum Gasteiger partial charge on any atom is 0.177 e. The summed E-state index contributed by atoms with van der Waals surface area (Å²) in [5.74, 6) is 1.21. The number of rotatable bonds is 2. The first-order chi connectivity index (χ1) is 6.72. The SMILES string of the molecule is CCc1c[nH]c(=S)n1C1CSC(C)C1. The number of thioether (sulfide) groups is 1. The molecule has 0 saturated carbocycles. The Morgan fingerprint density at radius 2 is 2.50 bits per heavy atom. The fourth-order valence-corrected chi connectivity index (χ4v) is 3.58. The van der Waals surface area contributed by atoms with Crippen molar-refractivity contribution in [3.63, 3.8) is 0 Å². The molecule has 0 radical (unpaired) electrons. The molecule has 1 aliphatic rings. The maximum atomic E-state index is 5.31. The van der Waals surface area contributed by atoms with Gasteiger partial charge in [-0.1, -0.05) is 13.8 Å². The van der Waals surface area contributed by atoms with Gasteiger partial charge in [-0.15, -0.1) is 0 Å². The van der Waals surface area contributed by atoms with Crippen LogP contribution < -0.4 is 0 Å². The molecule has 1 aromatic heterocycles. The van der Waals surface area contributed by atoms with Gasteiger partial charge in [-0.25, -0.2) is 0 Å². The summed E-state index contributed by atoms with van der Waals surface area (Å²) in [7, 11) is 0. The predicted octanol–water partition coefficient (Wildman–Crippen LogP) is 3.17. The van der Waals surface area contributed by atoms with Crippen LogP contribution in [-0.4, -0.2) is 20.6 Å². The lowest BCUT2D eigenvalue weighted by atomic mass is 10.2. The predicted molar refractivity (Wildman–Crippen MR) is 64.6 cm³/mol. The number of H-pyrrole nitrogens is 1. The summed E-state index contributed by atoms with van der Waals surface area (Å²) in [5, 5.41) is 0.779.